The minimum atomic E-state index is 0.255. The summed E-state index contributed by atoms with van der Waals surface area (Å²) in [5, 5.41) is 0. The van der Waals surface area contributed by atoms with Gasteiger partial charge in [-0.1, -0.05) is 36.4 Å². The second kappa shape index (κ2) is 9.86. The molecule has 2 aliphatic rings. The molecular weight excluding hydrogens is 382 g/mol. The lowest BCUT2D eigenvalue weighted by molar-refractivity contribution is -0.134. The average molecular weight is 420 g/mol. The minimum absolute atomic E-state index is 0.255. The van der Waals surface area contributed by atoms with Gasteiger partial charge in [0.25, 0.3) is 0 Å². The van der Waals surface area contributed by atoms with Crippen molar-refractivity contribution in [2.24, 2.45) is 0 Å². The van der Waals surface area contributed by atoms with Gasteiger partial charge in [0.15, 0.2) is 0 Å². The summed E-state index contributed by atoms with van der Waals surface area (Å²) >= 11 is 0. The number of carbonyl (C=O) groups excluding carboxylic acids is 1. The zero-order chi connectivity index (χ0) is 21.8. The summed E-state index contributed by atoms with van der Waals surface area (Å²) in [7, 11) is 2.04. The number of hydrogen-bond acceptors (Lipinski definition) is 3. The molecule has 0 N–H and O–H groups in total. The third-order valence-electron chi connectivity index (χ3n) is 7.27. The number of likely N-dealkylation sites (tertiary alicyclic amines) is 2. The lowest BCUT2D eigenvalue weighted by Gasteiger charge is -2.44. The number of nitrogens with zero attached hydrogens (tertiary/aromatic N) is 3. The zero-order valence-corrected chi connectivity index (χ0v) is 19.4. The number of rotatable bonds is 6. The summed E-state index contributed by atoms with van der Waals surface area (Å²) in [5.41, 5.74) is 5.05. The van der Waals surface area contributed by atoms with Crippen molar-refractivity contribution in [1.29, 1.82) is 0 Å². The highest BCUT2D eigenvalue weighted by Crippen LogP contribution is 2.34. The Hall–Kier alpha value is -2.33. The van der Waals surface area contributed by atoms with E-state index in [1.165, 1.54) is 49.0 Å². The first-order valence-corrected chi connectivity index (χ1v) is 11.9. The van der Waals surface area contributed by atoms with Crippen LogP contribution >= 0.6 is 0 Å². The molecule has 0 aromatic heterocycles. The molecule has 2 atom stereocenters. The van der Waals surface area contributed by atoms with Crippen LogP contribution in [0.15, 0.2) is 48.5 Å². The van der Waals surface area contributed by atoms with Gasteiger partial charge in [0, 0.05) is 31.7 Å². The SMILES string of the molecule is Cc1ccc(N(C)CC(=O)N2CCC[C@H](c3ccccc3)[C@@H]2CN2CCCC2)cc1C. The Bertz CT molecular complexity index is 875. The van der Waals surface area contributed by atoms with Gasteiger partial charge in [-0.2, -0.15) is 0 Å². The molecule has 1 amide bonds. The van der Waals surface area contributed by atoms with Crippen LogP contribution in [0, 0.1) is 13.8 Å². The third-order valence-corrected chi connectivity index (χ3v) is 7.27. The largest absolute Gasteiger partial charge is 0.365 e. The Morgan fingerprint density at radius 1 is 0.968 bits per heavy atom. The van der Waals surface area contributed by atoms with Crippen molar-refractivity contribution < 1.29 is 4.79 Å². The molecular formula is C27H37N3O. The Morgan fingerprint density at radius 3 is 2.42 bits per heavy atom. The molecule has 0 radical (unpaired) electrons. The van der Waals surface area contributed by atoms with Crippen LogP contribution in [0.2, 0.25) is 0 Å². The fraction of sp³-hybridized carbons (Fsp3) is 0.519. The van der Waals surface area contributed by atoms with E-state index in [0.717, 1.165) is 25.2 Å². The van der Waals surface area contributed by atoms with Crippen LogP contribution in [0.25, 0.3) is 0 Å². The first kappa shape index (κ1) is 21.9. The molecule has 0 spiro atoms. The normalized spacial score (nSPS) is 22.0. The van der Waals surface area contributed by atoms with Gasteiger partial charge >= 0.3 is 0 Å². The maximum absolute atomic E-state index is 13.6. The maximum Gasteiger partial charge on any atom is 0.242 e. The first-order chi connectivity index (χ1) is 15.0. The second-order valence-electron chi connectivity index (χ2n) is 9.45. The molecule has 4 nitrogen and oxygen atoms in total. The van der Waals surface area contributed by atoms with Crippen molar-refractivity contribution in [3.05, 3.63) is 65.2 Å². The Morgan fingerprint density at radius 2 is 1.71 bits per heavy atom. The van der Waals surface area contributed by atoms with E-state index in [1.54, 1.807) is 0 Å². The number of anilines is 1. The van der Waals surface area contributed by atoms with Crippen LogP contribution < -0.4 is 4.90 Å². The number of piperidine rings is 1. The van der Waals surface area contributed by atoms with E-state index in [0.29, 0.717) is 12.5 Å². The standard InChI is InChI=1S/C27H37N3O/c1-21-13-14-24(18-22(21)2)28(3)20-27(31)30-17-9-12-25(23-10-5-4-6-11-23)26(30)19-29-15-7-8-16-29/h4-6,10-11,13-14,18,25-26H,7-9,12,15-17,19-20H2,1-3H3/t25-,26+/m1/s1. The molecule has 2 aromatic carbocycles. The van der Waals surface area contributed by atoms with Crippen molar-refractivity contribution in [3.8, 4) is 0 Å². The van der Waals surface area contributed by atoms with Crippen LogP contribution in [0.1, 0.15) is 48.3 Å². The van der Waals surface area contributed by atoms with E-state index < -0.39 is 0 Å². The molecule has 166 valence electrons. The predicted molar refractivity (Wildman–Crippen MR) is 129 cm³/mol. The molecule has 31 heavy (non-hydrogen) atoms. The van der Waals surface area contributed by atoms with Gasteiger partial charge in [-0.15, -0.1) is 0 Å². The molecule has 0 saturated carbocycles. The average Bonchev–Trinajstić information content (AvgIpc) is 3.29. The van der Waals surface area contributed by atoms with Crippen LogP contribution in [0.3, 0.4) is 0 Å². The number of hydrogen-bond donors (Lipinski definition) is 0. The molecule has 4 rings (SSSR count). The van der Waals surface area contributed by atoms with Crippen molar-refractivity contribution in [1.82, 2.24) is 9.80 Å². The predicted octanol–water partition coefficient (Wildman–Crippen LogP) is 4.61. The third kappa shape index (κ3) is 5.12. The Labute approximate surface area is 187 Å². The van der Waals surface area contributed by atoms with E-state index in [2.05, 4.69) is 77.1 Å². The summed E-state index contributed by atoms with van der Waals surface area (Å²) < 4.78 is 0. The molecule has 2 saturated heterocycles. The molecule has 0 bridgehead atoms. The van der Waals surface area contributed by atoms with Crippen molar-refractivity contribution in [2.45, 2.75) is 51.5 Å². The quantitative estimate of drug-likeness (QED) is 0.684. The summed E-state index contributed by atoms with van der Waals surface area (Å²) in [6.45, 7) is 8.91. The molecule has 4 heteroatoms. The van der Waals surface area contributed by atoms with Gasteiger partial charge in [0.1, 0.15) is 0 Å². The van der Waals surface area contributed by atoms with Gasteiger partial charge in [-0.05, 0) is 81.4 Å². The van der Waals surface area contributed by atoms with E-state index in [9.17, 15) is 4.79 Å². The maximum atomic E-state index is 13.6. The second-order valence-corrected chi connectivity index (χ2v) is 9.45. The van der Waals surface area contributed by atoms with Gasteiger partial charge in [0.2, 0.25) is 5.91 Å². The highest BCUT2D eigenvalue weighted by atomic mass is 16.2. The molecule has 2 heterocycles. The Balaban J connectivity index is 1.53. The number of benzene rings is 2. The highest BCUT2D eigenvalue weighted by Gasteiger charge is 2.36. The van der Waals surface area contributed by atoms with Crippen LogP contribution in [-0.4, -0.2) is 61.5 Å². The smallest absolute Gasteiger partial charge is 0.242 e. The van der Waals surface area contributed by atoms with Gasteiger partial charge in [-0.3, -0.25) is 4.79 Å². The van der Waals surface area contributed by atoms with Crippen molar-refractivity contribution in [3.63, 3.8) is 0 Å². The molecule has 2 aliphatic heterocycles. The summed E-state index contributed by atoms with van der Waals surface area (Å²) in [6.07, 6.45) is 4.81. The summed E-state index contributed by atoms with van der Waals surface area (Å²) in [5.74, 6) is 0.678. The van der Waals surface area contributed by atoms with Gasteiger partial charge < -0.3 is 14.7 Å². The zero-order valence-electron chi connectivity index (χ0n) is 19.4. The highest BCUT2D eigenvalue weighted by molar-refractivity contribution is 5.82. The van der Waals surface area contributed by atoms with E-state index in [-0.39, 0.29) is 11.9 Å². The first-order valence-electron chi connectivity index (χ1n) is 11.9. The van der Waals surface area contributed by atoms with E-state index in [1.807, 2.05) is 7.05 Å². The lowest BCUT2D eigenvalue weighted by atomic mass is 9.83. The fourth-order valence-corrected chi connectivity index (χ4v) is 5.26. The van der Waals surface area contributed by atoms with Crippen LogP contribution in [0.4, 0.5) is 5.69 Å². The molecule has 0 aliphatic carbocycles. The van der Waals surface area contributed by atoms with Gasteiger partial charge in [-0.25, -0.2) is 0 Å². The summed E-state index contributed by atoms with van der Waals surface area (Å²) in [6, 6.07) is 17.6. The Kier molecular flexibility index (Phi) is 6.96. The van der Waals surface area contributed by atoms with E-state index in [4.69, 9.17) is 0 Å². The number of carbonyl (C=O) groups is 1. The van der Waals surface area contributed by atoms with Gasteiger partial charge in [0.05, 0.1) is 12.6 Å². The van der Waals surface area contributed by atoms with Crippen molar-refractivity contribution >= 4 is 11.6 Å². The van der Waals surface area contributed by atoms with Crippen molar-refractivity contribution in [2.75, 3.05) is 44.7 Å². The topological polar surface area (TPSA) is 26.8 Å². The lowest BCUT2D eigenvalue weighted by Crippen LogP contribution is -2.54. The number of aryl methyl sites for hydroxylation is 2. The number of likely N-dealkylation sites (N-methyl/N-ethyl adjacent to an activating group) is 1. The molecule has 2 aromatic rings. The molecule has 2 fully saturated rings. The monoisotopic (exact) mass is 419 g/mol. The number of amides is 1. The fourth-order valence-electron chi connectivity index (χ4n) is 5.26. The van der Waals surface area contributed by atoms with E-state index >= 15 is 0 Å². The van der Waals surface area contributed by atoms with Crippen LogP contribution in [0.5, 0.6) is 0 Å². The molecule has 0 unspecified atom stereocenters. The summed E-state index contributed by atoms with van der Waals surface area (Å²) in [4.78, 5) is 20.4. The minimum Gasteiger partial charge on any atom is -0.365 e. The van der Waals surface area contributed by atoms with Crippen LogP contribution in [-0.2, 0) is 4.79 Å².